The zero-order valence-corrected chi connectivity index (χ0v) is 11.4. The quantitative estimate of drug-likeness (QED) is 0.667. The molecule has 0 heterocycles. The van der Waals surface area contributed by atoms with Crippen LogP contribution in [0.5, 0.6) is 0 Å². The number of nitrogens with two attached hydrogens (primary N) is 1. The Morgan fingerprint density at radius 1 is 1.00 bits per heavy atom. The molecule has 0 bridgehead atoms. The molecule has 2 aromatic carbocycles. The molecule has 2 N–H and O–H groups in total. The van der Waals surface area contributed by atoms with Crippen LogP contribution in [0.3, 0.4) is 0 Å². The SMILES string of the molecule is Cc1cc(C)cc(C(=O)CCc2ccc(N)cc2)c1. The third-order valence-electron chi connectivity index (χ3n) is 3.16. The van der Waals surface area contributed by atoms with Gasteiger partial charge < -0.3 is 5.73 Å². The first kappa shape index (κ1) is 13.3. The topological polar surface area (TPSA) is 43.1 Å². The van der Waals surface area contributed by atoms with E-state index in [-0.39, 0.29) is 5.78 Å². The second-order valence-electron chi connectivity index (χ2n) is 5.04. The van der Waals surface area contributed by atoms with Crippen LogP contribution in [0.4, 0.5) is 5.69 Å². The summed E-state index contributed by atoms with van der Waals surface area (Å²) in [7, 11) is 0. The van der Waals surface area contributed by atoms with Crippen LogP contribution in [-0.2, 0) is 6.42 Å². The summed E-state index contributed by atoms with van der Waals surface area (Å²) >= 11 is 0. The Balaban J connectivity index is 2.03. The molecule has 0 saturated carbocycles. The van der Waals surface area contributed by atoms with Crippen LogP contribution in [-0.4, -0.2) is 5.78 Å². The molecule has 2 heteroatoms. The van der Waals surface area contributed by atoms with E-state index in [1.54, 1.807) is 0 Å². The van der Waals surface area contributed by atoms with Crippen LogP contribution in [0.2, 0.25) is 0 Å². The highest BCUT2D eigenvalue weighted by atomic mass is 16.1. The molecule has 98 valence electrons. The largest absolute Gasteiger partial charge is 0.399 e. The van der Waals surface area contributed by atoms with Gasteiger partial charge in [0.25, 0.3) is 0 Å². The molecule has 19 heavy (non-hydrogen) atoms. The number of ketones is 1. The van der Waals surface area contributed by atoms with E-state index in [2.05, 4.69) is 6.07 Å². The lowest BCUT2D eigenvalue weighted by Crippen LogP contribution is -2.02. The lowest BCUT2D eigenvalue weighted by molar-refractivity contribution is 0.0982. The summed E-state index contributed by atoms with van der Waals surface area (Å²) in [5, 5.41) is 0. The Morgan fingerprint density at radius 3 is 2.16 bits per heavy atom. The lowest BCUT2D eigenvalue weighted by atomic mass is 9.99. The van der Waals surface area contributed by atoms with E-state index in [9.17, 15) is 4.79 Å². The third-order valence-corrected chi connectivity index (χ3v) is 3.16. The fraction of sp³-hybridized carbons (Fsp3) is 0.235. The van der Waals surface area contributed by atoms with Crippen LogP contribution >= 0.6 is 0 Å². The fourth-order valence-electron chi connectivity index (χ4n) is 2.22. The number of aryl methyl sites for hydroxylation is 3. The molecular weight excluding hydrogens is 234 g/mol. The molecule has 0 aliphatic carbocycles. The van der Waals surface area contributed by atoms with Gasteiger partial charge in [0, 0.05) is 17.7 Å². The van der Waals surface area contributed by atoms with E-state index in [1.165, 1.54) is 0 Å². The van der Waals surface area contributed by atoms with E-state index in [1.807, 2.05) is 50.2 Å². The number of nitrogen functional groups attached to an aromatic ring is 1. The van der Waals surface area contributed by atoms with Gasteiger partial charge in [-0.05, 0) is 50.1 Å². The van der Waals surface area contributed by atoms with Gasteiger partial charge in [0.1, 0.15) is 0 Å². The maximum Gasteiger partial charge on any atom is 0.163 e. The molecule has 0 unspecified atom stereocenters. The molecule has 2 rings (SSSR count). The van der Waals surface area contributed by atoms with E-state index in [0.717, 1.165) is 34.4 Å². The molecule has 0 fully saturated rings. The van der Waals surface area contributed by atoms with Gasteiger partial charge in [-0.15, -0.1) is 0 Å². The minimum atomic E-state index is 0.198. The maximum atomic E-state index is 12.2. The summed E-state index contributed by atoms with van der Waals surface area (Å²) in [6.45, 7) is 4.04. The second kappa shape index (κ2) is 5.70. The van der Waals surface area contributed by atoms with Crippen LogP contribution in [0, 0.1) is 13.8 Å². The van der Waals surface area contributed by atoms with Gasteiger partial charge >= 0.3 is 0 Å². The lowest BCUT2D eigenvalue weighted by Gasteiger charge is -2.05. The smallest absolute Gasteiger partial charge is 0.163 e. The van der Waals surface area contributed by atoms with Crippen molar-refractivity contribution in [1.82, 2.24) is 0 Å². The number of carbonyl (C=O) groups is 1. The van der Waals surface area contributed by atoms with Crippen molar-refractivity contribution < 1.29 is 4.79 Å². The maximum absolute atomic E-state index is 12.2. The molecule has 0 atom stereocenters. The minimum absolute atomic E-state index is 0.198. The number of carbonyl (C=O) groups excluding carboxylic acids is 1. The van der Waals surface area contributed by atoms with Crippen LogP contribution in [0.15, 0.2) is 42.5 Å². The molecule has 0 saturated heterocycles. The number of hydrogen-bond acceptors (Lipinski definition) is 2. The highest BCUT2D eigenvalue weighted by Gasteiger charge is 2.07. The highest BCUT2D eigenvalue weighted by Crippen LogP contribution is 2.13. The van der Waals surface area contributed by atoms with E-state index >= 15 is 0 Å². The van der Waals surface area contributed by atoms with Crippen molar-refractivity contribution in [2.45, 2.75) is 26.7 Å². The minimum Gasteiger partial charge on any atom is -0.399 e. The van der Waals surface area contributed by atoms with Crippen molar-refractivity contribution in [2.75, 3.05) is 5.73 Å². The van der Waals surface area contributed by atoms with Gasteiger partial charge in [-0.1, -0.05) is 29.3 Å². The summed E-state index contributed by atoms with van der Waals surface area (Å²) in [5.74, 6) is 0.198. The first-order valence-electron chi connectivity index (χ1n) is 6.50. The Labute approximate surface area is 114 Å². The molecule has 2 aromatic rings. The van der Waals surface area contributed by atoms with Gasteiger partial charge in [-0.3, -0.25) is 4.79 Å². The number of hydrogen-bond donors (Lipinski definition) is 1. The van der Waals surface area contributed by atoms with Crippen molar-refractivity contribution in [3.8, 4) is 0 Å². The number of anilines is 1. The summed E-state index contributed by atoms with van der Waals surface area (Å²) in [6.07, 6.45) is 1.29. The van der Waals surface area contributed by atoms with Gasteiger partial charge in [0.2, 0.25) is 0 Å². The van der Waals surface area contributed by atoms with Gasteiger partial charge in [-0.25, -0.2) is 0 Å². The van der Waals surface area contributed by atoms with Crippen LogP contribution in [0.25, 0.3) is 0 Å². The summed E-state index contributed by atoms with van der Waals surface area (Å²) in [6, 6.07) is 13.7. The zero-order chi connectivity index (χ0) is 13.8. The van der Waals surface area contributed by atoms with Crippen LogP contribution < -0.4 is 5.73 Å². The first-order valence-corrected chi connectivity index (χ1v) is 6.50. The fourth-order valence-corrected chi connectivity index (χ4v) is 2.22. The van der Waals surface area contributed by atoms with E-state index in [4.69, 9.17) is 5.73 Å². The Kier molecular flexibility index (Phi) is 4.00. The van der Waals surface area contributed by atoms with Crippen molar-refractivity contribution in [3.63, 3.8) is 0 Å². The monoisotopic (exact) mass is 253 g/mol. The summed E-state index contributed by atoms with van der Waals surface area (Å²) in [5.41, 5.74) is 10.6. The molecule has 2 nitrogen and oxygen atoms in total. The summed E-state index contributed by atoms with van der Waals surface area (Å²) < 4.78 is 0. The Morgan fingerprint density at radius 2 is 1.58 bits per heavy atom. The van der Waals surface area contributed by atoms with Crippen molar-refractivity contribution in [3.05, 3.63) is 64.7 Å². The van der Waals surface area contributed by atoms with Gasteiger partial charge in [0.15, 0.2) is 5.78 Å². The molecular formula is C17H19NO. The number of rotatable bonds is 4. The zero-order valence-electron chi connectivity index (χ0n) is 11.4. The standard InChI is InChI=1S/C17H19NO/c1-12-9-13(2)11-15(10-12)17(19)8-5-14-3-6-16(18)7-4-14/h3-4,6-7,9-11H,5,8,18H2,1-2H3. The molecule has 0 spiro atoms. The number of Topliss-reactive ketones (excluding diaryl/α,β-unsaturated/α-hetero) is 1. The molecule has 0 aromatic heterocycles. The Bertz CT molecular complexity index is 564. The average molecular weight is 253 g/mol. The van der Waals surface area contributed by atoms with E-state index in [0.29, 0.717) is 6.42 Å². The van der Waals surface area contributed by atoms with Gasteiger partial charge in [0.05, 0.1) is 0 Å². The molecule has 0 amide bonds. The Hall–Kier alpha value is -2.09. The predicted molar refractivity (Wildman–Crippen MR) is 79.4 cm³/mol. The first-order chi connectivity index (χ1) is 9.04. The highest BCUT2D eigenvalue weighted by molar-refractivity contribution is 5.96. The average Bonchev–Trinajstić information content (AvgIpc) is 2.36. The predicted octanol–water partition coefficient (Wildman–Crippen LogP) is 3.70. The second-order valence-corrected chi connectivity index (χ2v) is 5.04. The molecule has 0 radical (unpaired) electrons. The van der Waals surface area contributed by atoms with Crippen molar-refractivity contribution in [1.29, 1.82) is 0 Å². The van der Waals surface area contributed by atoms with Crippen molar-refractivity contribution in [2.24, 2.45) is 0 Å². The van der Waals surface area contributed by atoms with Crippen LogP contribution in [0.1, 0.15) is 33.5 Å². The third kappa shape index (κ3) is 3.68. The van der Waals surface area contributed by atoms with E-state index < -0.39 is 0 Å². The molecule has 0 aliphatic heterocycles. The normalized spacial score (nSPS) is 10.4. The molecule has 0 aliphatic rings. The van der Waals surface area contributed by atoms with Gasteiger partial charge in [-0.2, -0.15) is 0 Å². The summed E-state index contributed by atoms with van der Waals surface area (Å²) in [4.78, 5) is 12.2. The van der Waals surface area contributed by atoms with Crippen molar-refractivity contribution >= 4 is 11.5 Å². The number of benzene rings is 2.